The van der Waals surface area contributed by atoms with E-state index in [1.165, 1.54) is 25.1 Å². The number of sulfonamides is 1. The summed E-state index contributed by atoms with van der Waals surface area (Å²) >= 11 is 0. The molecule has 0 saturated carbocycles. The van der Waals surface area contributed by atoms with E-state index >= 15 is 0 Å². The van der Waals surface area contributed by atoms with Crippen LogP contribution in [0.1, 0.15) is 26.7 Å². The molecule has 2 aromatic rings. The molecule has 0 radical (unpaired) electrons. The fraction of sp³-hybridized carbons (Fsp3) is 0.364. The van der Waals surface area contributed by atoms with E-state index in [9.17, 15) is 23.1 Å². The summed E-state index contributed by atoms with van der Waals surface area (Å²) in [5.41, 5.74) is 2.26. The van der Waals surface area contributed by atoms with Gasteiger partial charge in [-0.25, -0.2) is 17.5 Å². The van der Waals surface area contributed by atoms with Crippen molar-refractivity contribution in [3.63, 3.8) is 0 Å². The lowest BCUT2D eigenvalue weighted by molar-refractivity contribution is -0.119. The molecule has 0 unspecified atom stereocenters. The molecule has 2 aromatic carbocycles. The minimum Gasteiger partial charge on any atom is -0.465 e. The zero-order valence-corrected chi connectivity index (χ0v) is 18.9. The van der Waals surface area contributed by atoms with Gasteiger partial charge in [-0.15, -0.1) is 0 Å². The molecular formula is C22H27N3O5S. The predicted octanol–water partition coefficient (Wildman–Crippen LogP) is 3.62. The lowest BCUT2D eigenvalue weighted by Crippen LogP contribution is -2.51. The molecule has 0 saturated heterocycles. The van der Waals surface area contributed by atoms with Gasteiger partial charge < -0.3 is 10.0 Å². The van der Waals surface area contributed by atoms with Crippen LogP contribution in [0, 0.1) is 0 Å². The number of rotatable bonds is 5. The molecule has 0 spiro atoms. The van der Waals surface area contributed by atoms with Gasteiger partial charge in [0.05, 0.1) is 22.3 Å². The van der Waals surface area contributed by atoms with Crippen LogP contribution in [0.4, 0.5) is 16.2 Å². The Kier molecular flexibility index (Phi) is 6.38. The van der Waals surface area contributed by atoms with Crippen LogP contribution in [-0.2, 0) is 14.8 Å². The van der Waals surface area contributed by atoms with Crippen LogP contribution in [0.3, 0.4) is 0 Å². The highest BCUT2D eigenvalue weighted by atomic mass is 32.2. The average molecular weight is 446 g/mol. The molecule has 31 heavy (non-hydrogen) atoms. The zero-order valence-electron chi connectivity index (χ0n) is 18.1. The first kappa shape index (κ1) is 22.8. The van der Waals surface area contributed by atoms with Crippen molar-refractivity contribution in [2.75, 3.05) is 30.4 Å². The minimum atomic E-state index is -3.61. The highest BCUT2D eigenvalue weighted by Gasteiger charge is 2.34. The Labute approximate surface area is 182 Å². The summed E-state index contributed by atoms with van der Waals surface area (Å²) in [7, 11) is -0.673. The molecule has 8 nitrogen and oxygen atoms in total. The summed E-state index contributed by atoms with van der Waals surface area (Å²) < 4.78 is 26.1. The van der Waals surface area contributed by atoms with Crippen LogP contribution in [0.15, 0.2) is 47.4 Å². The number of benzene rings is 2. The van der Waals surface area contributed by atoms with Crippen LogP contribution < -0.4 is 9.80 Å². The highest BCUT2D eigenvalue weighted by molar-refractivity contribution is 7.89. The maximum atomic E-state index is 12.7. The number of fused-ring (bicyclic) bond motifs is 1. The van der Waals surface area contributed by atoms with Crippen LogP contribution in [0.5, 0.6) is 0 Å². The van der Waals surface area contributed by atoms with Crippen molar-refractivity contribution in [3.05, 3.63) is 42.5 Å². The number of hydrogen-bond acceptors (Lipinski definition) is 4. The normalized spacial score (nSPS) is 16.4. The fourth-order valence-corrected chi connectivity index (χ4v) is 4.70. The summed E-state index contributed by atoms with van der Waals surface area (Å²) in [5.74, 6) is -0.0480. The molecule has 0 bridgehead atoms. The molecule has 166 valence electrons. The van der Waals surface area contributed by atoms with E-state index in [1.54, 1.807) is 41.3 Å². The first-order valence-corrected chi connectivity index (χ1v) is 11.5. The van der Waals surface area contributed by atoms with Gasteiger partial charge in [-0.3, -0.25) is 9.69 Å². The second-order valence-corrected chi connectivity index (χ2v) is 9.93. The predicted molar refractivity (Wildman–Crippen MR) is 120 cm³/mol. The number of nitrogens with zero attached hydrogens (tertiary/aromatic N) is 3. The molecule has 2 amide bonds. The Hall–Kier alpha value is -2.91. The van der Waals surface area contributed by atoms with Crippen LogP contribution in [0.2, 0.25) is 0 Å². The van der Waals surface area contributed by atoms with E-state index in [4.69, 9.17) is 0 Å². The lowest BCUT2D eigenvalue weighted by Gasteiger charge is -2.40. The molecule has 1 aliphatic heterocycles. The van der Waals surface area contributed by atoms with E-state index in [0.717, 1.165) is 4.31 Å². The van der Waals surface area contributed by atoms with E-state index in [2.05, 4.69) is 0 Å². The van der Waals surface area contributed by atoms with Crippen molar-refractivity contribution < 1.29 is 23.1 Å². The summed E-state index contributed by atoms with van der Waals surface area (Å²) in [6, 6.07) is 11.4. The van der Waals surface area contributed by atoms with Crippen LogP contribution in [-0.4, -0.2) is 56.5 Å². The topological polar surface area (TPSA) is 98.2 Å². The number of carbonyl (C=O) groups is 2. The van der Waals surface area contributed by atoms with E-state index < -0.39 is 16.1 Å². The molecule has 1 atom stereocenters. The van der Waals surface area contributed by atoms with Gasteiger partial charge in [0.15, 0.2) is 0 Å². The van der Waals surface area contributed by atoms with Crippen LogP contribution in [0.25, 0.3) is 11.1 Å². The van der Waals surface area contributed by atoms with E-state index in [-0.39, 0.29) is 23.4 Å². The van der Waals surface area contributed by atoms with Gasteiger partial charge in [-0.05, 0) is 48.7 Å². The lowest BCUT2D eigenvalue weighted by atomic mass is 10.0. The third-order valence-corrected chi connectivity index (χ3v) is 7.13. The smallest absolute Gasteiger partial charge is 0.411 e. The van der Waals surface area contributed by atoms with Gasteiger partial charge in [0, 0.05) is 27.1 Å². The number of carbonyl (C=O) groups excluding carboxylic acids is 1. The van der Waals surface area contributed by atoms with Crippen molar-refractivity contribution in [2.45, 2.75) is 37.6 Å². The van der Waals surface area contributed by atoms with Gasteiger partial charge in [0.25, 0.3) is 0 Å². The molecule has 0 aliphatic carbocycles. The van der Waals surface area contributed by atoms with Crippen molar-refractivity contribution in [1.29, 1.82) is 0 Å². The van der Waals surface area contributed by atoms with Gasteiger partial charge in [0.1, 0.15) is 0 Å². The first-order valence-electron chi connectivity index (χ1n) is 10.1. The van der Waals surface area contributed by atoms with Gasteiger partial charge in [0.2, 0.25) is 15.9 Å². The van der Waals surface area contributed by atoms with Gasteiger partial charge in [-0.1, -0.05) is 25.1 Å². The third-order valence-electron chi connectivity index (χ3n) is 5.32. The monoisotopic (exact) mass is 445 g/mol. The van der Waals surface area contributed by atoms with Gasteiger partial charge in [-0.2, -0.15) is 0 Å². The van der Waals surface area contributed by atoms with Crippen molar-refractivity contribution >= 4 is 33.4 Å². The van der Waals surface area contributed by atoms with Crippen LogP contribution >= 0.6 is 0 Å². The number of hydrogen-bond donors (Lipinski definition) is 1. The SMILES string of the molecule is CCCC(=O)N1c2ccc(-c3cccc(S(=O)(=O)N(C)C)c3)cc2N(C(=O)O)C[C@@H]1C. The summed E-state index contributed by atoms with van der Waals surface area (Å²) in [4.78, 5) is 27.7. The largest absolute Gasteiger partial charge is 0.465 e. The van der Waals surface area contributed by atoms with Crippen molar-refractivity contribution in [1.82, 2.24) is 4.31 Å². The molecule has 1 heterocycles. The maximum absolute atomic E-state index is 12.7. The number of amides is 2. The Bertz CT molecular complexity index is 1110. The van der Waals surface area contributed by atoms with E-state index in [0.29, 0.717) is 35.3 Å². The molecule has 1 N–H and O–H groups in total. The summed E-state index contributed by atoms with van der Waals surface area (Å²) in [6.07, 6.45) is -0.0225. The second kappa shape index (κ2) is 8.68. The van der Waals surface area contributed by atoms with Crippen molar-refractivity contribution in [3.8, 4) is 11.1 Å². The van der Waals surface area contributed by atoms with E-state index in [1.807, 2.05) is 13.8 Å². The zero-order chi connectivity index (χ0) is 22.9. The molecule has 0 aromatic heterocycles. The average Bonchev–Trinajstić information content (AvgIpc) is 2.72. The Morgan fingerprint density at radius 2 is 1.77 bits per heavy atom. The third kappa shape index (κ3) is 4.28. The maximum Gasteiger partial charge on any atom is 0.411 e. The van der Waals surface area contributed by atoms with Gasteiger partial charge >= 0.3 is 6.09 Å². The molecular weight excluding hydrogens is 418 g/mol. The number of anilines is 2. The molecule has 1 aliphatic rings. The molecule has 9 heteroatoms. The summed E-state index contributed by atoms with van der Waals surface area (Å²) in [5, 5.41) is 9.74. The molecule has 3 rings (SSSR count). The molecule has 0 fully saturated rings. The van der Waals surface area contributed by atoms with Crippen molar-refractivity contribution in [2.24, 2.45) is 0 Å². The fourth-order valence-electron chi connectivity index (χ4n) is 3.75. The quantitative estimate of drug-likeness (QED) is 0.758. The standard InChI is InChI=1S/C22H27N3O5S/c1-5-7-21(26)25-15(2)14-24(22(27)28)20-13-17(10-11-19(20)25)16-8-6-9-18(12-16)31(29,30)23(3)4/h6,8-13,15H,5,7,14H2,1-4H3,(H,27,28)/t15-/m0/s1. The Morgan fingerprint density at radius 1 is 1.10 bits per heavy atom. The highest BCUT2D eigenvalue weighted by Crippen LogP contribution is 2.39. The first-order chi connectivity index (χ1) is 14.6. The minimum absolute atomic E-state index is 0.0480. The number of carboxylic acid groups (broad SMARTS) is 1. The Morgan fingerprint density at radius 3 is 2.39 bits per heavy atom. The second-order valence-electron chi connectivity index (χ2n) is 7.77. The Balaban J connectivity index is 2.12. The summed E-state index contributed by atoms with van der Waals surface area (Å²) in [6.45, 7) is 3.92.